The van der Waals surface area contributed by atoms with Crippen molar-refractivity contribution >= 4 is 11.8 Å². The molecule has 5 nitrogen and oxygen atoms in total. The third-order valence-corrected chi connectivity index (χ3v) is 2.24. The first kappa shape index (κ1) is 10.6. The second kappa shape index (κ2) is 4.13. The van der Waals surface area contributed by atoms with Crippen LogP contribution in [-0.2, 0) is 11.8 Å². The molecular formula is C9H15N3O2. The zero-order valence-electron chi connectivity index (χ0n) is 8.40. The molecule has 0 saturated carbocycles. The summed E-state index contributed by atoms with van der Waals surface area (Å²) in [6.45, 7) is 1.94. The van der Waals surface area contributed by atoms with E-state index in [9.17, 15) is 4.79 Å². The Balaban J connectivity index is 2.88. The third kappa shape index (κ3) is 2.25. The van der Waals surface area contributed by atoms with Crippen LogP contribution in [0.15, 0.2) is 6.20 Å². The normalized spacial score (nSPS) is 12.7. The Kier molecular flexibility index (Phi) is 3.11. The highest BCUT2D eigenvalue weighted by Gasteiger charge is 2.18. The molecule has 0 spiro atoms. The van der Waals surface area contributed by atoms with Crippen LogP contribution in [0, 0.1) is 0 Å². The number of hydrogen-bond donors (Lipinski definition) is 2. The van der Waals surface area contributed by atoms with Crippen LogP contribution in [0.4, 0.5) is 5.82 Å². The lowest BCUT2D eigenvalue weighted by Crippen LogP contribution is -2.06. The molecule has 0 aliphatic heterocycles. The highest BCUT2D eigenvalue weighted by molar-refractivity contribution is 5.68. The number of nitrogens with two attached hydrogens (primary N) is 1. The van der Waals surface area contributed by atoms with Crippen LogP contribution in [0.2, 0.25) is 0 Å². The largest absolute Gasteiger partial charge is 0.481 e. The minimum absolute atomic E-state index is 0.0406. The molecule has 1 aromatic heterocycles. The maximum atomic E-state index is 10.6. The average molecular weight is 197 g/mol. The number of nitrogens with zero attached hydrogens (tertiary/aromatic N) is 2. The van der Waals surface area contributed by atoms with Gasteiger partial charge in [-0.3, -0.25) is 9.48 Å². The highest BCUT2D eigenvalue weighted by atomic mass is 16.4. The molecule has 0 aliphatic carbocycles. The quantitative estimate of drug-likeness (QED) is 0.753. The summed E-state index contributed by atoms with van der Waals surface area (Å²) in [7, 11) is 1.77. The van der Waals surface area contributed by atoms with Crippen molar-refractivity contribution in [3.63, 3.8) is 0 Å². The molecule has 14 heavy (non-hydrogen) atoms. The summed E-state index contributed by atoms with van der Waals surface area (Å²) in [5.74, 6) is -0.415. The number of rotatable bonds is 4. The fraction of sp³-hybridized carbons (Fsp3) is 0.556. The van der Waals surface area contributed by atoms with Gasteiger partial charge in [0.2, 0.25) is 0 Å². The lowest BCUT2D eigenvalue weighted by Gasteiger charge is -2.10. The van der Waals surface area contributed by atoms with Crippen molar-refractivity contribution in [3.05, 3.63) is 11.8 Å². The van der Waals surface area contributed by atoms with E-state index >= 15 is 0 Å². The number of anilines is 1. The molecule has 0 aromatic carbocycles. The minimum Gasteiger partial charge on any atom is -0.481 e. The molecule has 0 bridgehead atoms. The van der Waals surface area contributed by atoms with Gasteiger partial charge >= 0.3 is 5.97 Å². The van der Waals surface area contributed by atoms with Gasteiger partial charge in [-0.2, -0.15) is 5.10 Å². The first-order valence-corrected chi connectivity index (χ1v) is 4.55. The summed E-state index contributed by atoms with van der Waals surface area (Å²) in [4.78, 5) is 10.6. The van der Waals surface area contributed by atoms with Gasteiger partial charge in [0, 0.05) is 18.8 Å². The minimum atomic E-state index is -0.805. The maximum Gasteiger partial charge on any atom is 0.303 e. The molecule has 3 N–H and O–H groups in total. The van der Waals surface area contributed by atoms with Gasteiger partial charge in [-0.25, -0.2) is 0 Å². The van der Waals surface area contributed by atoms with Crippen LogP contribution in [0.1, 0.15) is 31.2 Å². The number of carboxylic acids is 1. The molecule has 0 aliphatic rings. The molecule has 5 heteroatoms. The Bertz CT molecular complexity index is 333. The van der Waals surface area contributed by atoms with Crippen molar-refractivity contribution in [1.82, 2.24) is 9.78 Å². The first-order valence-electron chi connectivity index (χ1n) is 4.55. The van der Waals surface area contributed by atoms with Crippen LogP contribution in [-0.4, -0.2) is 20.9 Å². The van der Waals surface area contributed by atoms with Crippen molar-refractivity contribution < 1.29 is 9.90 Å². The second-order valence-corrected chi connectivity index (χ2v) is 3.35. The SMILES string of the molecule is CCC(CC(=O)O)c1cn(C)nc1N. The van der Waals surface area contributed by atoms with Gasteiger partial charge < -0.3 is 10.8 Å². The standard InChI is InChI=1S/C9H15N3O2/c1-3-6(4-8(13)14)7-5-12(2)11-9(7)10/h5-6H,3-4H2,1-2H3,(H2,10,11)(H,13,14). The number of hydrogen-bond acceptors (Lipinski definition) is 3. The van der Waals surface area contributed by atoms with E-state index in [0.717, 1.165) is 12.0 Å². The van der Waals surface area contributed by atoms with E-state index in [0.29, 0.717) is 5.82 Å². The zero-order chi connectivity index (χ0) is 10.7. The van der Waals surface area contributed by atoms with Crippen molar-refractivity contribution in [2.45, 2.75) is 25.7 Å². The van der Waals surface area contributed by atoms with Gasteiger partial charge in [-0.05, 0) is 12.3 Å². The lowest BCUT2D eigenvalue weighted by molar-refractivity contribution is -0.137. The van der Waals surface area contributed by atoms with Gasteiger partial charge in [-0.1, -0.05) is 6.92 Å². The first-order chi connectivity index (χ1) is 6.54. The van der Waals surface area contributed by atoms with E-state index in [1.807, 2.05) is 6.92 Å². The Morgan fingerprint density at radius 2 is 2.43 bits per heavy atom. The Morgan fingerprint density at radius 3 is 2.79 bits per heavy atom. The lowest BCUT2D eigenvalue weighted by atomic mass is 9.95. The van der Waals surface area contributed by atoms with Crippen molar-refractivity contribution in [2.75, 3.05) is 5.73 Å². The number of aromatic nitrogens is 2. The zero-order valence-corrected chi connectivity index (χ0v) is 8.40. The topological polar surface area (TPSA) is 81.1 Å². The summed E-state index contributed by atoms with van der Waals surface area (Å²) in [5.41, 5.74) is 6.50. The summed E-state index contributed by atoms with van der Waals surface area (Å²) < 4.78 is 1.61. The predicted octanol–water partition coefficient (Wildman–Crippen LogP) is 0.971. The van der Waals surface area contributed by atoms with Gasteiger partial charge in [0.1, 0.15) is 5.82 Å². The number of carboxylic acid groups (broad SMARTS) is 1. The van der Waals surface area contributed by atoms with E-state index < -0.39 is 5.97 Å². The second-order valence-electron chi connectivity index (χ2n) is 3.35. The summed E-state index contributed by atoms with van der Waals surface area (Å²) in [5, 5.41) is 12.7. The molecular weight excluding hydrogens is 182 g/mol. The maximum absolute atomic E-state index is 10.6. The summed E-state index contributed by atoms with van der Waals surface area (Å²) in [6.07, 6.45) is 2.64. The number of aryl methyl sites for hydroxylation is 1. The van der Waals surface area contributed by atoms with E-state index in [1.54, 1.807) is 17.9 Å². The molecule has 0 radical (unpaired) electrons. The third-order valence-electron chi connectivity index (χ3n) is 2.24. The van der Waals surface area contributed by atoms with Crippen molar-refractivity contribution in [3.8, 4) is 0 Å². The molecule has 1 aromatic rings. The van der Waals surface area contributed by atoms with Crippen LogP contribution >= 0.6 is 0 Å². The highest BCUT2D eigenvalue weighted by Crippen LogP contribution is 2.26. The summed E-state index contributed by atoms with van der Waals surface area (Å²) in [6, 6.07) is 0. The molecule has 1 unspecified atom stereocenters. The van der Waals surface area contributed by atoms with Gasteiger partial charge in [-0.15, -0.1) is 0 Å². The monoisotopic (exact) mass is 197 g/mol. The van der Waals surface area contributed by atoms with Crippen molar-refractivity contribution in [1.29, 1.82) is 0 Å². The van der Waals surface area contributed by atoms with Crippen LogP contribution < -0.4 is 5.73 Å². The molecule has 1 rings (SSSR count). The average Bonchev–Trinajstić information content (AvgIpc) is 2.41. The van der Waals surface area contributed by atoms with Crippen LogP contribution in [0.25, 0.3) is 0 Å². The van der Waals surface area contributed by atoms with E-state index in [4.69, 9.17) is 10.8 Å². The van der Waals surface area contributed by atoms with Gasteiger partial charge in [0.15, 0.2) is 0 Å². The van der Waals surface area contributed by atoms with Gasteiger partial charge in [0.05, 0.1) is 6.42 Å². The Labute approximate surface area is 82.5 Å². The predicted molar refractivity (Wildman–Crippen MR) is 52.9 cm³/mol. The molecule has 1 heterocycles. The number of carbonyl (C=O) groups is 1. The van der Waals surface area contributed by atoms with Crippen LogP contribution in [0.3, 0.4) is 0 Å². The Morgan fingerprint density at radius 1 is 1.79 bits per heavy atom. The molecule has 78 valence electrons. The Hall–Kier alpha value is -1.52. The fourth-order valence-electron chi connectivity index (χ4n) is 1.52. The molecule has 0 fully saturated rings. The van der Waals surface area contributed by atoms with Gasteiger partial charge in [0.25, 0.3) is 0 Å². The number of nitrogen functional groups attached to an aromatic ring is 1. The van der Waals surface area contributed by atoms with Crippen molar-refractivity contribution in [2.24, 2.45) is 7.05 Å². The molecule has 0 saturated heterocycles. The van der Waals surface area contributed by atoms with E-state index in [-0.39, 0.29) is 12.3 Å². The van der Waals surface area contributed by atoms with E-state index in [2.05, 4.69) is 5.10 Å². The molecule has 1 atom stereocenters. The van der Waals surface area contributed by atoms with Crippen LogP contribution in [0.5, 0.6) is 0 Å². The van der Waals surface area contributed by atoms with E-state index in [1.165, 1.54) is 0 Å². The smallest absolute Gasteiger partial charge is 0.303 e. The molecule has 0 amide bonds. The number of aliphatic carboxylic acids is 1. The fourth-order valence-corrected chi connectivity index (χ4v) is 1.52. The summed E-state index contributed by atoms with van der Waals surface area (Å²) >= 11 is 0.